The van der Waals surface area contributed by atoms with Crippen molar-refractivity contribution in [2.75, 3.05) is 13.1 Å². The quantitative estimate of drug-likeness (QED) is 0.718. The second kappa shape index (κ2) is 6.75. The first kappa shape index (κ1) is 16.5. The first-order chi connectivity index (χ1) is 12.7. The second-order valence-electron chi connectivity index (χ2n) is 6.42. The highest BCUT2D eigenvalue weighted by atomic mass is 19.1. The van der Waals surface area contributed by atoms with Gasteiger partial charge in [0.1, 0.15) is 28.9 Å². The van der Waals surface area contributed by atoms with Gasteiger partial charge in [0, 0.05) is 5.39 Å². The molecule has 2 heterocycles. The highest BCUT2D eigenvalue weighted by molar-refractivity contribution is 5.95. The lowest BCUT2D eigenvalue weighted by atomic mass is 10.1. The van der Waals surface area contributed by atoms with Crippen molar-refractivity contribution in [3.8, 4) is 5.75 Å². The molecule has 26 heavy (non-hydrogen) atoms. The van der Waals surface area contributed by atoms with E-state index in [-0.39, 0.29) is 23.2 Å². The third kappa shape index (κ3) is 3.01. The molecule has 0 unspecified atom stereocenters. The van der Waals surface area contributed by atoms with Crippen LogP contribution in [0.25, 0.3) is 10.9 Å². The van der Waals surface area contributed by atoms with Gasteiger partial charge in [0.15, 0.2) is 0 Å². The van der Waals surface area contributed by atoms with Crippen molar-refractivity contribution >= 4 is 16.8 Å². The number of likely N-dealkylation sites (tertiary alicyclic amines) is 1. The van der Waals surface area contributed by atoms with Crippen LogP contribution in [0.15, 0.2) is 54.6 Å². The van der Waals surface area contributed by atoms with E-state index >= 15 is 0 Å². The van der Waals surface area contributed by atoms with Crippen molar-refractivity contribution in [3.63, 3.8) is 0 Å². The number of hydrogen-bond donors (Lipinski definition) is 0. The molecule has 4 nitrogen and oxygen atoms in total. The molecular formula is C21H19FN2O2. The van der Waals surface area contributed by atoms with E-state index in [1.165, 1.54) is 6.07 Å². The summed E-state index contributed by atoms with van der Waals surface area (Å²) < 4.78 is 19.9. The molecule has 132 valence electrons. The molecule has 0 spiro atoms. The molecule has 4 rings (SSSR count). The fourth-order valence-corrected chi connectivity index (χ4v) is 3.16. The number of pyridine rings is 1. The number of carbonyl (C=O) groups is 1. The van der Waals surface area contributed by atoms with Gasteiger partial charge in [-0.3, -0.25) is 4.79 Å². The van der Waals surface area contributed by atoms with Crippen LogP contribution in [0.2, 0.25) is 0 Å². The maximum absolute atomic E-state index is 13.9. The zero-order chi connectivity index (χ0) is 18.1. The maximum atomic E-state index is 13.9. The van der Waals surface area contributed by atoms with Crippen molar-refractivity contribution in [2.45, 2.75) is 19.4 Å². The summed E-state index contributed by atoms with van der Waals surface area (Å²) in [7, 11) is 0. The van der Waals surface area contributed by atoms with Gasteiger partial charge in [0.05, 0.1) is 13.1 Å². The summed E-state index contributed by atoms with van der Waals surface area (Å²) in [6, 6.07) is 16.1. The smallest absolute Gasteiger partial charge is 0.272 e. The van der Waals surface area contributed by atoms with Gasteiger partial charge in [0.25, 0.3) is 5.91 Å². The Kier molecular flexibility index (Phi) is 4.29. The number of rotatable bonds is 4. The molecule has 0 bridgehead atoms. The van der Waals surface area contributed by atoms with Crippen LogP contribution in [-0.2, 0) is 6.42 Å². The predicted octanol–water partition coefficient (Wildman–Crippen LogP) is 3.84. The van der Waals surface area contributed by atoms with Crippen molar-refractivity contribution in [1.82, 2.24) is 9.88 Å². The minimum Gasteiger partial charge on any atom is -0.486 e. The van der Waals surface area contributed by atoms with Crippen molar-refractivity contribution in [3.05, 3.63) is 71.7 Å². The maximum Gasteiger partial charge on any atom is 0.272 e. The van der Waals surface area contributed by atoms with E-state index in [4.69, 9.17) is 4.74 Å². The Morgan fingerprint density at radius 1 is 1.15 bits per heavy atom. The third-order valence-electron chi connectivity index (χ3n) is 4.67. The lowest BCUT2D eigenvalue weighted by molar-refractivity contribution is 0.0170. The van der Waals surface area contributed by atoms with Gasteiger partial charge >= 0.3 is 0 Å². The van der Waals surface area contributed by atoms with Crippen LogP contribution < -0.4 is 4.74 Å². The molecule has 1 saturated heterocycles. The first-order valence-electron chi connectivity index (χ1n) is 8.75. The summed E-state index contributed by atoms with van der Waals surface area (Å²) >= 11 is 0. The third-order valence-corrected chi connectivity index (χ3v) is 4.67. The molecule has 1 amide bonds. The van der Waals surface area contributed by atoms with Gasteiger partial charge in [-0.1, -0.05) is 43.3 Å². The fourth-order valence-electron chi connectivity index (χ4n) is 3.16. The number of ether oxygens (including phenoxy) is 1. The molecule has 1 fully saturated rings. The molecule has 2 aromatic carbocycles. The average Bonchev–Trinajstić information content (AvgIpc) is 2.64. The molecule has 0 N–H and O–H groups in total. The molecule has 0 radical (unpaired) electrons. The van der Waals surface area contributed by atoms with E-state index in [1.807, 2.05) is 24.3 Å². The summed E-state index contributed by atoms with van der Waals surface area (Å²) in [5, 5.41) is 0.683. The molecule has 1 aliphatic rings. The van der Waals surface area contributed by atoms with Crippen LogP contribution in [0.3, 0.4) is 0 Å². The topological polar surface area (TPSA) is 42.4 Å². The minimum absolute atomic E-state index is 0.0242. The summed E-state index contributed by atoms with van der Waals surface area (Å²) in [6.45, 7) is 3.10. The summed E-state index contributed by atoms with van der Waals surface area (Å²) in [4.78, 5) is 18.5. The second-order valence-corrected chi connectivity index (χ2v) is 6.42. The van der Waals surface area contributed by atoms with Crippen LogP contribution >= 0.6 is 0 Å². The number of halogens is 1. The number of carbonyl (C=O) groups excluding carboxylic acids is 1. The van der Waals surface area contributed by atoms with E-state index in [9.17, 15) is 9.18 Å². The molecule has 0 aliphatic carbocycles. The molecule has 5 heteroatoms. The Bertz CT molecular complexity index is 967. The van der Waals surface area contributed by atoms with E-state index in [2.05, 4.69) is 11.9 Å². The molecule has 1 aliphatic heterocycles. The number of amides is 1. The Hall–Kier alpha value is -2.95. The van der Waals surface area contributed by atoms with E-state index in [0.29, 0.717) is 18.5 Å². The summed E-state index contributed by atoms with van der Waals surface area (Å²) in [5.74, 6) is 0.259. The number of hydrogen-bond acceptors (Lipinski definition) is 3. The normalized spacial score (nSPS) is 14.3. The fraction of sp³-hybridized carbons (Fsp3) is 0.238. The molecule has 0 saturated carbocycles. The number of aryl methyl sites for hydroxylation is 1. The molecular weight excluding hydrogens is 331 g/mol. The standard InChI is InChI=1S/C21H19FN2O2/c1-2-14-6-3-4-9-19(14)26-16-12-24(13-16)21(25)18-11-10-15-7-5-8-17(22)20(15)23-18/h3-11,16H,2,12-13H2,1H3. The van der Waals surface area contributed by atoms with Gasteiger partial charge < -0.3 is 9.64 Å². The van der Waals surface area contributed by atoms with Gasteiger partial charge in [0.2, 0.25) is 0 Å². The Morgan fingerprint density at radius 2 is 1.96 bits per heavy atom. The van der Waals surface area contributed by atoms with Crippen molar-refractivity contribution in [2.24, 2.45) is 0 Å². The molecule has 3 aromatic rings. The van der Waals surface area contributed by atoms with Gasteiger partial charge in [-0.05, 0) is 30.2 Å². The Labute approximate surface area is 151 Å². The zero-order valence-electron chi connectivity index (χ0n) is 14.5. The minimum atomic E-state index is -0.418. The van der Waals surface area contributed by atoms with E-state index < -0.39 is 5.82 Å². The number of fused-ring (bicyclic) bond motifs is 1. The summed E-state index contributed by atoms with van der Waals surface area (Å²) in [6.07, 6.45) is 0.877. The Balaban J connectivity index is 1.44. The van der Waals surface area contributed by atoms with Crippen LogP contribution in [0, 0.1) is 5.82 Å². The van der Waals surface area contributed by atoms with Gasteiger partial charge in [-0.25, -0.2) is 9.37 Å². The van der Waals surface area contributed by atoms with Crippen LogP contribution in [0.4, 0.5) is 4.39 Å². The average molecular weight is 350 g/mol. The Morgan fingerprint density at radius 3 is 2.77 bits per heavy atom. The van der Waals surface area contributed by atoms with Crippen LogP contribution in [0.5, 0.6) is 5.75 Å². The SMILES string of the molecule is CCc1ccccc1OC1CN(C(=O)c2ccc3cccc(F)c3n2)C1. The van der Waals surface area contributed by atoms with Crippen LogP contribution in [-0.4, -0.2) is 35.0 Å². The number of aromatic nitrogens is 1. The van der Waals surface area contributed by atoms with Crippen LogP contribution in [0.1, 0.15) is 23.0 Å². The van der Waals surface area contributed by atoms with Gasteiger partial charge in [-0.2, -0.15) is 0 Å². The number of nitrogens with zero attached hydrogens (tertiary/aromatic N) is 2. The van der Waals surface area contributed by atoms with E-state index in [0.717, 1.165) is 17.7 Å². The summed E-state index contributed by atoms with van der Waals surface area (Å²) in [5.41, 5.74) is 1.64. The molecule has 0 atom stereocenters. The molecule has 1 aromatic heterocycles. The number of benzene rings is 2. The van der Waals surface area contributed by atoms with Crippen molar-refractivity contribution in [1.29, 1.82) is 0 Å². The highest BCUT2D eigenvalue weighted by Crippen LogP contribution is 2.24. The first-order valence-corrected chi connectivity index (χ1v) is 8.75. The highest BCUT2D eigenvalue weighted by Gasteiger charge is 2.33. The lowest BCUT2D eigenvalue weighted by Gasteiger charge is -2.39. The van der Waals surface area contributed by atoms with Gasteiger partial charge in [-0.15, -0.1) is 0 Å². The number of para-hydroxylation sites is 2. The zero-order valence-corrected chi connectivity index (χ0v) is 14.5. The lowest BCUT2D eigenvalue weighted by Crippen LogP contribution is -2.56. The van der Waals surface area contributed by atoms with E-state index in [1.54, 1.807) is 29.2 Å². The largest absolute Gasteiger partial charge is 0.486 e. The predicted molar refractivity (Wildman–Crippen MR) is 97.8 cm³/mol. The monoisotopic (exact) mass is 350 g/mol. The van der Waals surface area contributed by atoms with Crippen molar-refractivity contribution < 1.29 is 13.9 Å².